The number of nitrogens with one attached hydrogen (secondary N) is 2. The van der Waals surface area contributed by atoms with E-state index in [1.807, 2.05) is 12.1 Å². The van der Waals surface area contributed by atoms with Crippen LogP contribution in [0.25, 0.3) is 0 Å². The van der Waals surface area contributed by atoms with E-state index in [0.29, 0.717) is 12.3 Å². The topological polar surface area (TPSA) is 67.4 Å². The molecule has 2 N–H and O–H groups in total. The van der Waals surface area contributed by atoms with E-state index in [1.54, 1.807) is 12.1 Å². The molecule has 2 aromatic carbocycles. The van der Waals surface area contributed by atoms with Crippen molar-refractivity contribution in [2.75, 3.05) is 17.2 Å². The molecular formula is C26H31F3N2O3. The van der Waals surface area contributed by atoms with Crippen molar-refractivity contribution in [1.29, 1.82) is 0 Å². The van der Waals surface area contributed by atoms with Crippen LogP contribution < -0.4 is 15.4 Å². The van der Waals surface area contributed by atoms with Gasteiger partial charge in [0.15, 0.2) is 0 Å². The highest BCUT2D eigenvalue weighted by atomic mass is 19.4. The van der Waals surface area contributed by atoms with Gasteiger partial charge < -0.3 is 15.4 Å². The molecule has 0 unspecified atom stereocenters. The summed E-state index contributed by atoms with van der Waals surface area (Å²) in [5.74, 6) is 0.846. The van der Waals surface area contributed by atoms with Crippen molar-refractivity contribution in [2.45, 2.75) is 64.0 Å². The number of alkyl halides is 3. The summed E-state index contributed by atoms with van der Waals surface area (Å²) in [5.41, 5.74) is -0.117. The second kappa shape index (κ2) is 12.4. The first-order chi connectivity index (χ1) is 16.3. The van der Waals surface area contributed by atoms with Gasteiger partial charge in [-0.1, -0.05) is 38.2 Å². The van der Waals surface area contributed by atoms with Crippen molar-refractivity contribution in [3.05, 3.63) is 54.1 Å². The lowest BCUT2D eigenvalue weighted by molar-refractivity contribution is -0.137. The molecule has 0 aliphatic heterocycles. The van der Waals surface area contributed by atoms with Gasteiger partial charge in [0.05, 0.1) is 12.2 Å². The zero-order chi connectivity index (χ0) is 24.4. The Morgan fingerprint density at radius 2 is 1.53 bits per heavy atom. The third-order valence-electron chi connectivity index (χ3n) is 5.94. The molecule has 1 aliphatic carbocycles. The molecule has 2 aromatic rings. The number of ether oxygens (including phenoxy) is 1. The van der Waals surface area contributed by atoms with Crippen LogP contribution in [0.4, 0.5) is 24.5 Å². The van der Waals surface area contributed by atoms with Gasteiger partial charge in [0.25, 0.3) is 0 Å². The molecule has 1 fully saturated rings. The quantitative estimate of drug-likeness (QED) is 0.396. The van der Waals surface area contributed by atoms with Crippen molar-refractivity contribution in [3.8, 4) is 5.75 Å². The summed E-state index contributed by atoms with van der Waals surface area (Å²) in [4.78, 5) is 24.1. The van der Waals surface area contributed by atoms with Crippen LogP contribution in [0.5, 0.6) is 5.75 Å². The number of halogens is 3. The third kappa shape index (κ3) is 8.72. The molecule has 0 aromatic heterocycles. The third-order valence-corrected chi connectivity index (χ3v) is 5.94. The second-order valence-corrected chi connectivity index (χ2v) is 8.69. The highest BCUT2D eigenvalue weighted by molar-refractivity contribution is 5.93. The summed E-state index contributed by atoms with van der Waals surface area (Å²) in [6.45, 7) is 0.693. The Hall–Kier alpha value is -3.03. The van der Waals surface area contributed by atoms with Crippen LogP contribution in [0.1, 0.15) is 63.4 Å². The van der Waals surface area contributed by atoms with E-state index >= 15 is 0 Å². The first-order valence-corrected chi connectivity index (χ1v) is 11.8. The van der Waals surface area contributed by atoms with Crippen LogP contribution in [0.15, 0.2) is 48.5 Å². The van der Waals surface area contributed by atoms with Crippen LogP contribution in [-0.4, -0.2) is 18.4 Å². The number of hydrogen-bond acceptors (Lipinski definition) is 3. The van der Waals surface area contributed by atoms with E-state index in [2.05, 4.69) is 10.6 Å². The molecule has 3 rings (SSSR count). The Kier molecular flexibility index (Phi) is 9.36. The van der Waals surface area contributed by atoms with Gasteiger partial charge in [-0.3, -0.25) is 9.59 Å². The Morgan fingerprint density at radius 3 is 2.18 bits per heavy atom. The monoisotopic (exact) mass is 476 g/mol. The number of carbonyl (C=O) groups is 2. The SMILES string of the molecule is O=C(CCCC(=O)Nc1cccc(C(F)(F)F)c1)Nc1ccc(OCCC2CCCCC2)cc1. The summed E-state index contributed by atoms with van der Waals surface area (Å²) >= 11 is 0. The lowest BCUT2D eigenvalue weighted by atomic mass is 9.87. The summed E-state index contributed by atoms with van der Waals surface area (Å²) in [5, 5.41) is 5.21. The van der Waals surface area contributed by atoms with E-state index in [1.165, 1.54) is 44.2 Å². The Morgan fingerprint density at radius 1 is 0.882 bits per heavy atom. The molecule has 0 spiro atoms. The van der Waals surface area contributed by atoms with E-state index in [-0.39, 0.29) is 30.9 Å². The summed E-state index contributed by atoms with van der Waals surface area (Å²) < 4.78 is 44.1. The van der Waals surface area contributed by atoms with E-state index in [9.17, 15) is 22.8 Å². The number of carbonyl (C=O) groups excluding carboxylic acids is 2. The van der Waals surface area contributed by atoms with Gasteiger partial charge in [-0.05, 0) is 61.2 Å². The van der Waals surface area contributed by atoms with Gasteiger partial charge >= 0.3 is 6.18 Å². The van der Waals surface area contributed by atoms with Gasteiger partial charge in [-0.25, -0.2) is 0 Å². The minimum Gasteiger partial charge on any atom is -0.494 e. The minimum atomic E-state index is -4.47. The maximum Gasteiger partial charge on any atom is 0.416 e. The van der Waals surface area contributed by atoms with E-state index < -0.39 is 17.6 Å². The Bertz CT molecular complexity index is 939. The van der Waals surface area contributed by atoms with Gasteiger partial charge in [-0.2, -0.15) is 13.2 Å². The Balaban J connectivity index is 1.33. The van der Waals surface area contributed by atoms with Crippen molar-refractivity contribution in [2.24, 2.45) is 5.92 Å². The van der Waals surface area contributed by atoms with Crippen molar-refractivity contribution in [3.63, 3.8) is 0 Å². The molecule has 34 heavy (non-hydrogen) atoms. The largest absolute Gasteiger partial charge is 0.494 e. The average Bonchev–Trinajstić information content (AvgIpc) is 2.80. The maximum absolute atomic E-state index is 12.8. The molecule has 5 nitrogen and oxygen atoms in total. The van der Waals surface area contributed by atoms with Gasteiger partial charge in [0.1, 0.15) is 5.75 Å². The first kappa shape index (κ1) is 25.6. The first-order valence-electron chi connectivity index (χ1n) is 11.8. The molecule has 0 radical (unpaired) electrons. The molecule has 8 heteroatoms. The Labute approximate surface area is 198 Å². The fourth-order valence-corrected chi connectivity index (χ4v) is 4.08. The smallest absolute Gasteiger partial charge is 0.416 e. The molecule has 0 saturated heterocycles. The van der Waals surface area contributed by atoms with Gasteiger partial charge in [0, 0.05) is 24.2 Å². The molecule has 0 atom stereocenters. The molecule has 0 heterocycles. The van der Waals surface area contributed by atoms with Crippen molar-refractivity contribution < 1.29 is 27.5 Å². The summed E-state index contributed by atoms with van der Waals surface area (Å²) in [6.07, 6.45) is 3.59. The van der Waals surface area contributed by atoms with E-state index in [4.69, 9.17) is 4.74 Å². The van der Waals surface area contributed by atoms with Crippen molar-refractivity contribution in [1.82, 2.24) is 0 Å². The van der Waals surface area contributed by atoms with Crippen LogP contribution in [0.3, 0.4) is 0 Å². The predicted octanol–water partition coefficient (Wildman–Crippen LogP) is 6.80. The molecule has 1 saturated carbocycles. The zero-order valence-corrected chi connectivity index (χ0v) is 19.1. The highest BCUT2D eigenvalue weighted by Gasteiger charge is 2.30. The molecule has 1 aliphatic rings. The highest BCUT2D eigenvalue weighted by Crippen LogP contribution is 2.30. The minimum absolute atomic E-state index is 0.0252. The fourth-order valence-electron chi connectivity index (χ4n) is 4.08. The molecule has 2 amide bonds. The number of anilines is 2. The number of amides is 2. The zero-order valence-electron chi connectivity index (χ0n) is 19.1. The van der Waals surface area contributed by atoms with Gasteiger partial charge in [0.2, 0.25) is 11.8 Å². The second-order valence-electron chi connectivity index (χ2n) is 8.69. The lowest BCUT2D eigenvalue weighted by Gasteiger charge is -2.21. The van der Waals surface area contributed by atoms with Gasteiger partial charge in [-0.15, -0.1) is 0 Å². The van der Waals surface area contributed by atoms with Crippen LogP contribution in [0.2, 0.25) is 0 Å². The molecule has 184 valence electrons. The van der Waals surface area contributed by atoms with E-state index in [0.717, 1.165) is 30.2 Å². The summed E-state index contributed by atoms with van der Waals surface area (Å²) in [7, 11) is 0. The van der Waals surface area contributed by atoms with Crippen LogP contribution >= 0.6 is 0 Å². The summed E-state index contributed by atoms with van der Waals surface area (Å²) in [6, 6.07) is 11.6. The predicted molar refractivity (Wildman–Crippen MR) is 126 cm³/mol. The molecular weight excluding hydrogens is 445 g/mol. The number of hydrogen-bond donors (Lipinski definition) is 2. The maximum atomic E-state index is 12.8. The normalized spacial score (nSPS) is 14.4. The standard InChI is InChI=1S/C26H31F3N2O3/c27-26(28,29)20-8-4-9-22(18-20)31-25(33)11-5-10-24(32)30-21-12-14-23(15-13-21)34-17-16-19-6-2-1-3-7-19/h4,8-9,12-15,18-19H,1-3,5-7,10-11,16-17H2,(H,30,32)(H,31,33). The fraction of sp³-hybridized carbons (Fsp3) is 0.462. The van der Waals surface area contributed by atoms with Crippen LogP contribution in [-0.2, 0) is 15.8 Å². The average molecular weight is 477 g/mol. The number of rotatable bonds is 10. The molecule has 0 bridgehead atoms. The van der Waals surface area contributed by atoms with Crippen LogP contribution in [0, 0.1) is 5.92 Å². The lowest BCUT2D eigenvalue weighted by Crippen LogP contribution is -2.15. The van der Waals surface area contributed by atoms with Crippen molar-refractivity contribution >= 4 is 23.2 Å². The number of benzene rings is 2.